The molecule has 1 aliphatic rings. The van der Waals surface area contributed by atoms with E-state index in [4.69, 9.17) is 22.1 Å². The Balaban J connectivity index is 2.41. The summed E-state index contributed by atoms with van der Waals surface area (Å²) in [4.78, 5) is 0. The van der Waals surface area contributed by atoms with Crippen molar-refractivity contribution < 1.29 is 13.5 Å². The third-order valence-corrected chi connectivity index (χ3v) is 3.02. The van der Waals surface area contributed by atoms with Crippen molar-refractivity contribution in [2.24, 2.45) is 5.73 Å². The maximum atomic E-state index is 12.8. The number of alkyl halides is 2. The Morgan fingerprint density at radius 1 is 1.44 bits per heavy atom. The fourth-order valence-corrected chi connectivity index (χ4v) is 2.05. The molecule has 0 radical (unpaired) electrons. The van der Waals surface area contributed by atoms with Gasteiger partial charge in [0.05, 0.1) is 0 Å². The first-order valence-corrected chi connectivity index (χ1v) is 5.34. The number of ether oxygens (including phenoxy) is 1. The van der Waals surface area contributed by atoms with Crippen LogP contribution >= 0.6 is 11.6 Å². The molecule has 1 unspecified atom stereocenters. The van der Waals surface area contributed by atoms with E-state index < -0.39 is 25.0 Å². The van der Waals surface area contributed by atoms with Crippen molar-refractivity contribution in [1.29, 1.82) is 0 Å². The van der Waals surface area contributed by atoms with Crippen LogP contribution in [0.4, 0.5) is 8.78 Å². The van der Waals surface area contributed by atoms with Crippen molar-refractivity contribution in [2.75, 3.05) is 13.3 Å². The van der Waals surface area contributed by atoms with Crippen LogP contribution in [-0.2, 0) is 0 Å². The van der Waals surface area contributed by atoms with E-state index in [1.165, 1.54) is 6.07 Å². The zero-order valence-corrected chi connectivity index (χ0v) is 9.31. The van der Waals surface area contributed by atoms with E-state index in [0.29, 0.717) is 10.8 Å². The quantitative estimate of drug-likeness (QED) is 0.872. The van der Waals surface area contributed by atoms with Gasteiger partial charge in [0.2, 0.25) is 0 Å². The van der Waals surface area contributed by atoms with Gasteiger partial charge in [-0.1, -0.05) is 17.7 Å². The van der Waals surface area contributed by atoms with Gasteiger partial charge in [-0.2, -0.15) is 0 Å². The minimum absolute atomic E-state index is 0.134. The molecule has 0 saturated heterocycles. The van der Waals surface area contributed by atoms with E-state index in [2.05, 4.69) is 0 Å². The highest BCUT2D eigenvalue weighted by Crippen LogP contribution is 2.40. The topological polar surface area (TPSA) is 35.2 Å². The van der Waals surface area contributed by atoms with Crippen LogP contribution in [0.15, 0.2) is 18.2 Å². The number of halogens is 3. The van der Waals surface area contributed by atoms with E-state index >= 15 is 0 Å². The van der Waals surface area contributed by atoms with Crippen LogP contribution < -0.4 is 10.5 Å². The molecule has 0 amide bonds. The predicted molar refractivity (Wildman–Crippen MR) is 58.3 cm³/mol. The number of hydrogen-bond acceptors (Lipinski definition) is 2. The Bertz CT molecular complexity index is 396. The normalized spacial score (nSPS) is 22.4. The zero-order chi connectivity index (χ0) is 11.8. The summed E-state index contributed by atoms with van der Waals surface area (Å²) in [6.45, 7) is -1.80. The summed E-state index contributed by atoms with van der Waals surface area (Å²) in [6, 6.07) is 4.52. The highest BCUT2D eigenvalue weighted by Gasteiger charge is 2.40. The van der Waals surface area contributed by atoms with Crippen LogP contribution in [0.2, 0.25) is 5.02 Å². The molecule has 0 saturated carbocycles. The lowest BCUT2D eigenvalue weighted by atomic mass is 9.89. The summed E-state index contributed by atoms with van der Waals surface area (Å²) < 4.78 is 31.1. The SMILES string of the molecule is NC1CC(CF)(CF)Oc2cc(Cl)ccc21. The third kappa shape index (κ3) is 1.87. The zero-order valence-electron chi connectivity index (χ0n) is 8.55. The van der Waals surface area contributed by atoms with Crippen LogP contribution in [0.3, 0.4) is 0 Å². The molecule has 2 nitrogen and oxygen atoms in total. The molecule has 0 aromatic heterocycles. The number of nitrogens with two attached hydrogens (primary N) is 1. The van der Waals surface area contributed by atoms with Gasteiger partial charge < -0.3 is 10.5 Å². The van der Waals surface area contributed by atoms with Crippen LogP contribution in [0.5, 0.6) is 5.75 Å². The molecule has 1 atom stereocenters. The monoisotopic (exact) mass is 247 g/mol. The predicted octanol–water partition coefficient (Wildman–Crippen LogP) is 2.80. The number of benzene rings is 1. The van der Waals surface area contributed by atoms with Gasteiger partial charge in [0.1, 0.15) is 19.1 Å². The fourth-order valence-electron chi connectivity index (χ4n) is 1.89. The van der Waals surface area contributed by atoms with Crippen LogP contribution in [0.1, 0.15) is 18.0 Å². The van der Waals surface area contributed by atoms with Crippen molar-refractivity contribution >= 4 is 11.6 Å². The Hall–Kier alpha value is -0.870. The summed E-state index contributed by atoms with van der Waals surface area (Å²) in [5.41, 5.74) is 5.16. The summed E-state index contributed by atoms with van der Waals surface area (Å²) >= 11 is 5.80. The van der Waals surface area contributed by atoms with E-state index in [1.54, 1.807) is 12.1 Å². The Labute approximate surface area is 97.3 Å². The molecule has 2 rings (SSSR count). The van der Waals surface area contributed by atoms with E-state index in [0.717, 1.165) is 5.56 Å². The van der Waals surface area contributed by atoms with Crippen LogP contribution in [0, 0.1) is 0 Å². The largest absolute Gasteiger partial charge is 0.481 e. The fraction of sp³-hybridized carbons (Fsp3) is 0.455. The Morgan fingerprint density at radius 3 is 2.75 bits per heavy atom. The average Bonchev–Trinajstić information content (AvgIpc) is 2.28. The minimum atomic E-state index is -1.45. The van der Waals surface area contributed by atoms with Gasteiger partial charge in [-0.15, -0.1) is 0 Å². The van der Waals surface area contributed by atoms with Gasteiger partial charge in [0.15, 0.2) is 5.60 Å². The molecule has 2 N–H and O–H groups in total. The van der Waals surface area contributed by atoms with Crippen molar-refractivity contribution in [3.05, 3.63) is 28.8 Å². The third-order valence-electron chi connectivity index (χ3n) is 2.78. The van der Waals surface area contributed by atoms with E-state index in [9.17, 15) is 8.78 Å². The average molecular weight is 248 g/mol. The number of fused-ring (bicyclic) bond motifs is 1. The van der Waals surface area contributed by atoms with Crippen LogP contribution in [0.25, 0.3) is 0 Å². The molecule has 88 valence electrons. The highest BCUT2D eigenvalue weighted by atomic mass is 35.5. The molecule has 16 heavy (non-hydrogen) atoms. The number of hydrogen-bond donors (Lipinski definition) is 1. The Kier molecular flexibility index (Phi) is 3.04. The first-order chi connectivity index (χ1) is 7.60. The summed E-state index contributed by atoms with van der Waals surface area (Å²) in [6.07, 6.45) is 0.134. The molecule has 0 fully saturated rings. The molecular weight excluding hydrogens is 236 g/mol. The molecule has 1 heterocycles. The summed E-state index contributed by atoms with van der Waals surface area (Å²) in [5.74, 6) is 0.376. The molecule has 0 aliphatic carbocycles. The standard InChI is InChI=1S/C11H12ClF2NO/c12-7-1-2-8-9(15)4-11(5-13,6-14)16-10(8)3-7/h1-3,9H,4-6,15H2. The lowest BCUT2D eigenvalue weighted by Crippen LogP contribution is -2.46. The van der Waals surface area contributed by atoms with Gasteiger partial charge in [-0.25, -0.2) is 8.78 Å². The summed E-state index contributed by atoms with van der Waals surface area (Å²) in [5, 5.41) is 0.458. The van der Waals surface area contributed by atoms with Gasteiger partial charge in [-0.3, -0.25) is 0 Å². The lowest BCUT2D eigenvalue weighted by Gasteiger charge is -2.37. The van der Waals surface area contributed by atoms with Crippen molar-refractivity contribution in [2.45, 2.75) is 18.1 Å². The van der Waals surface area contributed by atoms with Crippen molar-refractivity contribution in [3.8, 4) is 5.75 Å². The molecule has 1 aromatic carbocycles. The molecule has 0 spiro atoms. The van der Waals surface area contributed by atoms with Gasteiger partial charge in [-0.05, 0) is 12.1 Å². The van der Waals surface area contributed by atoms with Gasteiger partial charge in [0, 0.05) is 23.0 Å². The molecule has 0 bridgehead atoms. The maximum absolute atomic E-state index is 12.8. The first kappa shape index (κ1) is 11.6. The second kappa shape index (κ2) is 4.18. The van der Waals surface area contributed by atoms with Crippen molar-refractivity contribution in [3.63, 3.8) is 0 Å². The molecular formula is C11H12ClF2NO. The molecule has 5 heteroatoms. The first-order valence-electron chi connectivity index (χ1n) is 4.96. The van der Waals surface area contributed by atoms with Crippen molar-refractivity contribution in [1.82, 2.24) is 0 Å². The summed E-state index contributed by atoms with van der Waals surface area (Å²) in [7, 11) is 0. The Morgan fingerprint density at radius 2 is 2.12 bits per heavy atom. The minimum Gasteiger partial charge on any atom is -0.481 e. The molecule has 1 aromatic rings. The van der Waals surface area contributed by atoms with E-state index in [-0.39, 0.29) is 6.42 Å². The smallest absolute Gasteiger partial charge is 0.167 e. The van der Waals surface area contributed by atoms with E-state index in [1.807, 2.05) is 0 Å². The second-order valence-corrected chi connectivity index (χ2v) is 4.48. The highest BCUT2D eigenvalue weighted by molar-refractivity contribution is 6.30. The van der Waals surface area contributed by atoms with Gasteiger partial charge >= 0.3 is 0 Å². The van der Waals surface area contributed by atoms with Crippen LogP contribution in [-0.4, -0.2) is 19.0 Å². The maximum Gasteiger partial charge on any atom is 0.167 e. The second-order valence-electron chi connectivity index (χ2n) is 4.05. The number of rotatable bonds is 2. The van der Waals surface area contributed by atoms with Gasteiger partial charge in [0.25, 0.3) is 0 Å². The molecule has 1 aliphatic heterocycles. The lowest BCUT2D eigenvalue weighted by molar-refractivity contribution is -0.00777.